The SMILES string of the molecule is CN[C@@H](C)Cc1ccccc1.[CH2]CCCO. The molecule has 0 aromatic heterocycles. The standard InChI is InChI=1S/C10H15N.C4H9O/c1-9(11-2)8-10-6-4-3-5-7-10;1-2-3-4-5/h3-7,9,11H,8H2,1-2H3;5H,1-4H2/t9-;/m0./s1. The summed E-state index contributed by atoms with van der Waals surface area (Å²) in [4.78, 5) is 0. The van der Waals surface area contributed by atoms with Crippen LogP contribution in [0.3, 0.4) is 0 Å². The number of hydrogen-bond acceptors (Lipinski definition) is 2. The Morgan fingerprint density at radius 1 is 1.31 bits per heavy atom. The third-order valence-electron chi connectivity index (χ3n) is 2.29. The normalized spacial score (nSPS) is 11.5. The van der Waals surface area contributed by atoms with Crippen molar-refractivity contribution in [2.24, 2.45) is 0 Å². The number of aliphatic hydroxyl groups excluding tert-OH is 1. The molecule has 0 bridgehead atoms. The third kappa shape index (κ3) is 8.45. The third-order valence-corrected chi connectivity index (χ3v) is 2.29. The maximum absolute atomic E-state index is 8.03. The first kappa shape index (κ1) is 15.1. The first-order chi connectivity index (χ1) is 7.74. The fourth-order valence-corrected chi connectivity index (χ4v) is 1.18. The fourth-order valence-electron chi connectivity index (χ4n) is 1.18. The minimum atomic E-state index is 0.281. The number of benzene rings is 1. The Labute approximate surface area is 99.7 Å². The van der Waals surface area contributed by atoms with Crippen molar-refractivity contribution in [2.75, 3.05) is 13.7 Å². The van der Waals surface area contributed by atoms with E-state index in [1.54, 1.807) is 0 Å². The molecule has 2 heteroatoms. The van der Waals surface area contributed by atoms with Gasteiger partial charge in [-0.1, -0.05) is 43.7 Å². The summed E-state index contributed by atoms with van der Waals surface area (Å²) < 4.78 is 0. The van der Waals surface area contributed by atoms with Gasteiger partial charge in [-0.2, -0.15) is 0 Å². The van der Waals surface area contributed by atoms with Crippen LogP contribution in [0.25, 0.3) is 0 Å². The van der Waals surface area contributed by atoms with E-state index < -0.39 is 0 Å². The predicted octanol–water partition coefficient (Wildman–Crippen LogP) is 2.43. The van der Waals surface area contributed by atoms with Crippen molar-refractivity contribution in [1.29, 1.82) is 0 Å². The van der Waals surface area contributed by atoms with Gasteiger partial charge in [-0.25, -0.2) is 0 Å². The van der Waals surface area contributed by atoms with E-state index in [-0.39, 0.29) is 6.61 Å². The minimum absolute atomic E-state index is 0.281. The van der Waals surface area contributed by atoms with Crippen LogP contribution in [-0.2, 0) is 6.42 Å². The van der Waals surface area contributed by atoms with Crippen molar-refractivity contribution < 1.29 is 5.11 Å². The highest BCUT2D eigenvalue weighted by Gasteiger charge is 1.97. The lowest BCUT2D eigenvalue weighted by molar-refractivity contribution is 0.289. The molecule has 1 rings (SSSR count). The summed E-state index contributed by atoms with van der Waals surface area (Å²) in [5.41, 5.74) is 1.40. The van der Waals surface area contributed by atoms with Crippen LogP contribution >= 0.6 is 0 Å². The molecule has 0 amide bonds. The largest absolute Gasteiger partial charge is 0.396 e. The van der Waals surface area contributed by atoms with Gasteiger partial charge in [0, 0.05) is 12.6 Å². The van der Waals surface area contributed by atoms with Crippen LogP contribution in [-0.4, -0.2) is 24.8 Å². The molecule has 0 aliphatic carbocycles. The molecular formula is C14H24NO. The number of unbranched alkanes of at least 4 members (excludes halogenated alkanes) is 1. The maximum Gasteiger partial charge on any atom is 0.0431 e. The van der Waals surface area contributed by atoms with Gasteiger partial charge < -0.3 is 10.4 Å². The van der Waals surface area contributed by atoms with E-state index >= 15 is 0 Å². The van der Waals surface area contributed by atoms with Gasteiger partial charge in [0.15, 0.2) is 0 Å². The van der Waals surface area contributed by atoms with Gasteiger partial charge in [-0.05, 0) is 32.4 Å². The lowest BCUT2D eigenvalue weighted by atomic mass is 10.1. The molecule has 0 heterocycles. The van der Waals surface area contributed by atoms with Gasteiger partial charge >= 0.3 is 0 Å². The second-order valence-corrected chi connectivity index (χ2v) is 3.81. The molecule has 1 aromatic carbocycles. The van der Waals surface area contributed by atoms with Gasteiger partial charge in [-0.15, -0.1) is 0 Å². The molecule has 1 atom stereocenters. The van der Waals surface area contributed by atoms with Crippen molar-refractivity contribution in [3.63, 3.8) is 0 Å². The van der Waals surface area contributed by atoms with Crippen LogP contribution in [0, 0.1) is 6.92 Å². The summed E-state index contributed by atoms with van der Waals surface area (Å²) >= 11 is 0. The number of rotatable bonds is 5. The highest BCUT2D eigenvalue weighted by atomic mass is 16.2. The molecule has 2 N–H and O–H groups in total. The summed E-state index contributed by atoms with van der Waals surface area (Å²) in [6, 6.07) is 11.1. The summed E-state index contributed by atoms with van der Waals surface area (Å²) in [7, 11) is 1.99. The molecule has 1 radical (unpaired) electrons. The molecule has 0 unspecified atom stereocenters. The van der Waals surface area contributed by atoms with Gasteiger partial charge in [0.05, 0.1) is 0 Å². The average molecular weight is 222 g/mol. The smallest absolute Gasteiger partial charge is 0.0431 e. The number of likely N-dealkylation sites (N-methyl/N-ethyl adjacent to an activating group) is 1. The molecule has 0 saturated heterocycles. The van der Waals surface area contributed by atoms with Crippen molar-refractivity contribution in [2.45, 2.75) is 32.2 Å². The van der Waals surface area contributed by atoms with Crippen LogP contribution in [0.1, 0.15) is 25.3 Å². The van der Waals surface area contributed by atoms with Gasteiger partial charge in [0.1, 0.15) is 0 Å². The molecule has 2 nitrogen and oxygen atoms in total. The Morgan fingerprint density at radius 3 is 2.31 bits per heavy atom. The van der Waals surface area contributed by atoms with Crippen LogP contribution in [0.2, 0.25) is 0 Å². The van der Waals surface area contributed by atoms with E-state index in [1.165, 1.54) is 5.56 Å². The molecule has 0 spiro atoms. The first-order valence-corrected chi connectivity index (χ1v) is 5.85. The monoisotopic (exact) mass is 222 g/mol. The molecule has 91 valence electrons. The molecule has 0 saturated carbocycles. The molecule has 1 aromatic rings. The quantitative estimate of drug-likeness (QED) is 0.802. The Morgan fingerprint density at radius 2 is 1.94 bits per heavy atom. The summed E-state index contributed by atoms with van der Waals surface area (Å²) in [5.74, 6) is 0. The summed E-state index contributed by atoms with van der Waals surface area (Å²) in [6.07, 6.45) is 2.79. The number of nitrogens with one attached hydrogen (secondary N) is 1. The molecule has 0 fully saturated rings. The van der Waals surface area contributed by atoms with Crippen LogP contribution in [0.15, 0.2) is 30.3 Å². The van der Waals surface area contributed by atoms with E-state index in [2.05, 4.69) is 43.4 Å². The Hall–Kier alpha value is -0.860. The number of hydrogen-bond donors (Lipinski definition) is 2. The van der Waals surface area contributed by atoms with E-state index in [1.807, 2.05) is 13.1 Å². The lowest BCUT2D eigenvalue weighted by Crippen LogP contribution is -2.23. The van der Waals surface area contributed by atoms with Crippen molar-refractivity contribution in [1.82, 2.24) is 5.32 Å². The second kappa shape index (κ2) is 10.7. The van der Waals surface area contributed by atoms with E-state index in [0.29, 0.717) is 6.04 Å². The van der Waals surface area contributed by atoms with E-state index in [9.17, 15) is 0 Å². The van der Waals surface area contributed by atoms with Gasteiger partial charge in [-0.3, -0.25) is 0 Å². The molecule has 16 heavy (non-hydrogen) atoms. The highest BCUT2D eigenvalue weighted by Crippen LogP contribution is 2.01. The Bertz CT molecular complexity index is 234. The average Bonchev–Trinajstić information content (AvgIpc) is 2.32. The Balaban J connectivity index is 0.000000385. The molecule has 0 aliphatic rings. The van der Waals surface area contributed by atoms with Crippen molar-refractivity contribution in [3.8, 4) is 0 Å². The van der Waals surface area contributed by atoms with Crippen LogP contribution in [0.5, 0.6) is 0 Å². The number of aliphatic hydroxyl groups is 1. The van der Waals surface area contributed by atoms with E-state index in [0.717, 1.165) is 19.3 Å². The molecular weight excluding hydrogens is 198 g/mol. The summed E-state index contributed by atoms with van der Waals surface area (Å²) in [5, 5.41) is 11.2. The zero-order valence-corrected chi connectivity index (χ0v) is 10.4. The van der Waals surface area contributed by atoms with Crippen molar-refractivity contribution in [3.05, 3.63) is 42.8 Å². The maximum atomic E-state index is 8.03. The Kier molecular flexibility index (Phi) is 10.1. The molecule has 0 aliphatic heterocycles. The predicted molar refractivity (Wildman–Crippen MR) is 70.3 cm³/mol. The van der Waals surface area contributed by atoms with Gasteiger partial charge in [0.25, 0.3) is 0 Å². The van der Waals surface area contributed by atoms with Crippen LogP contribution in [0.4, 0.5) is 0 Å². The second-order valence-electron chi connectivity index (χ2n) is 3.81. The zero-order valence-electron chi connectivity index (χ0n) is 10.4. The van der Waals surface area contributed by atoms with Crippen LogP contribution < -0.4 is 5.32 Å². The fraction of sp³-hybridized carbons (Fsp3) is 0.500. The summed E-state index contributed by atoms with van der Waals surface area (Å²) in [6.45, 7) is 5.98. The highest BCUT2D eigenvalue weighted by molar-refractivity contribution is 5.15. The van der Waals surface area contributed by atoms with Crippen molar-refractivity contribution >= 4 is 0 Å². The lowest BCUT2D eigenvalue weighted by Gasteiger charge is -2.08. The minimum Gasteiger partial charge on any atom is -0.396 e. The zero-order chi connectivity index (χ0) is 12.2. The topological polar surface area (TPSA) is 32.3 Å². The van der Waals surface area contributed by atoms with E-state index in [4.69, 9.17) is 5.11 Å². The first-order valence-electron chi connectivity index (χ1n) is 5.85. The van der Waals surface area contributed by atoms with Gasteiger partial charge in [0.2, 0.25) is 0 Å².